The van der Waals surface area contributed by atoms with E-state index >= 15 is 0 Å². The molecule has 0 fully saturated rings. The molecular weight excluding hydrogens is 494 g/mol. The van der Waals surface area contributed by atoms with Crippen molar-refractivity contribution in [2.24, 2.45) is 5.73 Å². The molecule has 0 bridgehead atoms. The van der Waals surface area contributed by atoms with Crippen LogP contribution in [0.2, 0.25) is 0 Å². The van der Waals surface area contributed by atoms with Crippen LogP contribution in [-0.2, 0) is 0 Å². The molecule has 0 unspecified atom stereocenters. The fourth-order valence-electron chi connectivity index (χ4n) is 4.16. The number of benzene rings is 3. The van der Waals surface area contributed by atoms with E-state index in [0.717, 1.165) is 5.56 Å². The van der Waals surface area contributed by atoms with Crippen molar-refractivity contribution in [3.8, 4) is 35.1 Å². The molecule has 0 aliphatic rings. The number of hydrogen-bond donors (Lipinski definition) is 1. The van der Waals surface area contributed by atoms with Gasteiger partial charge in [0, 0.05) is 21.7 Å². The molecule has 0 radical (unpaired) electrons. The summed E-state index contributed by atoms with van der Waals surface area (Å²) in [7, 11) is 0. The lowest BCUT2D eigenvalue weighted by molar-refractivity contribution is 0.0724. The second-order valence-corrected chi connectivity index (χ2v) is 9.01. The van der Waals surface area contributed by atoms with E-state index in [0.29, 0.717) is 39.0 Å². The van der Waals surface area contributed by atoms with Gasteiger partial charge in [0.1, 0.15) is 18.1 Å². The third kappa shape index (κ3) is 5.08. The molecule has 9 heteroatoms. The third-order valence-electron chi connectivity index (χ3n) is 6.12. The van der Waals surface area contributed by atoms with E-state index in [2.05, 4.69) is 39.9 Å². The summed E-state index contributed by atoms with van der Waals surface area (Å²) in [6.45, 7) is 4.34. The standard InChI is InChI=1S/C30H23N5O4/c1-4-14-38-20-12-13-24-22(15-20)26(19-10-8-18(9-11-19)17(2)3)34-29(33-24)30(37)39-25-7-5-6-21-23(25)16-32-35-27(21)28(31)36/h1,5-13,15-17H,14H2,2-3H3,(H2,31,36). The number of ether oxygens (including phenoxy) is 2. The Hall–Kier alpha value is -5.36. The van der Waals surface area contributed by atoms with Crippen molar-refractivity contribution < 1.29 is 19.1 Å². The van der Waals surface area contributed by atoms with E-state index in [1.165, 1.54) is 11.8 Å². The molecule has 3 aromatic carbocycles. The predicted octanol–water partition coefficient (Wildman–Crippen LogP) is 4.69. The topological polar surface area (TPSA) is 130 Å². The maximum atomic E-state index is 13.3. The van der Waals surface area contributed by atoms with Crippen molar-refractivity contribution in [2.75, 3.05) is 6.61 Å². The van der Waals surface area contributed by atoms with Gasteiger partial charge in [-0.05, 0) is 35.7 Å². The molecule has 5 aromatic rings. The molecule has 0 aliphatic heterocycles. The molecule has 2 heterocycles. The van der Waals surface area contributed by atoms with Crippen molar-refractivity contribution in [3.05, 3.63) is 83.9 Å². The maximum absolute atomic E-state index is 13.3. The number of aromatic nitrogens is 4. The first-order chi connectivity index (χ1) is 18.9. The number of primary amides is 1. The van der Waals surface area contributed by atoms with Gasteiger partial charge in [0.05, 0.1) is 17.4 Å². The summed E-state index contributed by atoms with van der Waals surface area (Å²) < 4.78 is 11.3. The number of fused-ring (bicyclic) bond motifs is 2. The van der Waals surface area contributed by atoms with Crippen LogP contribution in [0.3, 0.4) is 0 Å². The largest absolute Gasteiger partial charge is 0.481 e. The number of terminal acetylenes is 1. The summed E-state index contributed by atoms with van der Waals surface area (Å²) >= 11 is 0. The van der Waals surface area contributed by atoms with Crippen molar-refractivity contribution in [3.63, 3.8) is 0 Å². The Morgan fingerprint density at radius 1 is 1.00 bits per heavy atom. The van der Waals surface area contributed by atoms with Crippen LogP contribution in [0.5, 0.6) is 11.5 Å². The summed E-state index contributed by atoms with van der Waals surface area (Å²) in [5.74, 6) is 1.86. The van der Waals surface area contributed by atoms with Gasteiger partial charge in [-0.1, -0.05) is 56.2 Å². The number of nitrogens with zero attached hydrogens (tertiary/aromatic N) is 4. The number of amides is 1. The fraction of sp³-hybridized carbons (Fsp3) is 0.133. The Morgan fingerprint density at radius 3 is 2.51 bits per heavy atom. The van der Waals surface area contributed by atoms with Gasteiger partial charge in [-0.25, -0.2) is 14.8 Å². The minimum Gasteiger partial charge on any atom is -0.481 e. The van der Waals surface area contributed by atoms with Gasteiger partial charge >= 0.3 is 5.97 Å². The van der Waals surface area contributed by atoms with Crippen molar-refractivity contribution >= 4 is 33.6 Å². The van der Waals surface area contributed by atoms with Crippen LogP contribution < -0.4 is 15.2 Å². The lowest BCUT2D eigenvalue weighted by Gasteiger charge is -2.12. The molecule has 9 nitrogen and oxygen atoms in total. The first-order valence-corrected chi connectivity index (χ1v) is 12.1. The smallest absolute Gasteiger partial charge is 0.381 e. The SMILES string of the molecule is C#CCOc1ccc2nc(C(=O)Oc3cccc4c(C(N)=O)nncc34)nc(-c3ccc(C(C)C)cc3)c2c1. The molecule has 0 spiro atoms. The quantitative estimate of drug-likeness (QED) is 0.187. The summed E-state index contributed by atoms with van der Waals surface area (Å²) in [4.78, 5) is 34.2. The molecule has 0 saturated heterocycles. The van der Waals surface area contributed by atoms with E-state index in [9.17, 15) is 9.59 Å². The molecule has 5 rings (SSSR count). The van der Waals surface area contributed by atoms with Crippen LogP contribution in [0.4, 0.5) is 0 Å². The highest BCUT2D eigenvalue weighted by molar-refractivity contribution is 6.06. The van der Waals surface area contributed by atoms with E-state index in [4.69, 9.17) is 21.6 Å². The third-order valence-corrected chi connectivity index (χ3v) is 6.12. The number of esters is 1. The van der Waals surface area contributed by atoms with Crippen molar-refractivity contribution in [1.29, 1.82) is 0 Å². The Morgan fingerprint density at radius 2 is 1.79 bits per heavy atom. The van der Waals surface area contributed by atoms with E-state index in [-0.39, 0.29) is 23.9 Å². The van der Waals surface area contributed by atoms with Crippen molar-refractivity contribution in [1.82, 2.24) is 20.2 Å². The zero-order chi connectivity index (χ0) is 27.5. The van der Waals surface area contributed by atoms with Gasteiger partial charge in [-0.3, -0.25) is 4.79 Å². The minimum absolute atomic E-state index is 0.0256. The molecule has 39 heavy (non-hydrogen) atoms. The van der Waals surface area contributed by atoms with Gasteiger partial charge in [-0.15, -0.1) is 11.5 Å². The van der Waals surface area contributed by atoms with E-state index in [1.54, 1.807) is 36.4 Å². The zero-order valence-electron chi connectivity index (χ0n) is 21.2. The van der Waals surface area contributed by atoms with E-state index < -0.39 is 11.9 Å². The number of carbonyl (C=O) groups is 2. The molecule has 0 aliphatic carbocycles. The van der Waals surface area contributed by atoms with Gasteiger partial charge in [-0.2, -0.15) is 5.10 Å². The molecule has 192 valence electrons. The van der Waals surface area contributed by atoms with Crippen LogP contribution in [0.1, 0.15) is 46.4 Å². The molecule has 0 saturated carbocycles. The van der Waals surface area contributed by atoms with Crippen molar-refractivity contribution in [2.45, 2.75) is 19.8 Å². The summed E-state index contributed by atoms with van der Waals surface area (Å²) in [5, 5.41) is 9.11. The molecule has 2 aromatic heterocycles. The number of carbonyl (C=O) groups excluding carboxylic acids is 2. The average Bonchev–Trinajstić information content (AvgIpc) is 2.95. The first-order valence-electron chi connectivity index (χ1n) is 12.1. The molecule has 1 amide bonds. The fourth-order valence-corrected chi connectivity index (χ4v) is 4.16. The molecule has 0 atom stereocenters. The Kier molecular flexibility index (Phi) is 6.85. The lowest BCUT2D eigenvalue weighted by Crippen LogP contribution is -2.16. The Balaban J connectivity index is 1.59. The Bertz CT molecular complexity index is 1780. The van der Waals surface area contributed by atoms with Crippen LogP contribution in [0.25, 0.3) is 32.9 Å². The molecule has 2 N–H and O–H groups in total. The summed E-state index contributed by atoms with van der Waals surface area (Å²) in [6.07, 6.45) is 6.74. The van der Waals surface area contributed by atoms with Crippen LogP contribution in [0, 0.1) is 12.3 Å². The maximum Gasteiger partial charge on any atom is 0.381 e. The predicted molar refractivity (Wildman–Crippen MR) is 146 cm³/mol. The highest BCUT2D eigenvalue weighted by Gasteiger charge is 2.20. The number of nitrogens with two attached hydrogens (primary N) is 1. The Labute approximate surface area is 224 Å². The van der Waals surface area contributed by atoms with Gasteiger partial charge < -0.3 is 15.2 Å². The monoisotopic (exact) mass is 517 g/mol. The highest BCUT2D eigenvalue weighted by atomic mass is 16.5. The van der Waals surface area contributed by atoms with Gasteiger partial charge in [0.2, 0.25) is 5.82 Å². The first kappa shape index (κ1) is 25.3. The number of hydrogen-bond acceptors (Lipinski definition) is 8. The number of rotatable bonds is 7. The average molecular weight is 518 g/mol. The normalized spacial score (nSPS) is 10.9. The van der Waals surface area contributed by atoms with E-state index in [1.807, 2.05) is 24.3 Å². The zero-order valence-corrected chi connectivity index (χ0v) is 21.2. The van der Waals surface area contributed by atoms with Crippen LogP contribution >= 0.6 is 0 Å². The minimum atomic E-state index is -0.783. The van der Waals surface area contributed by atoms with Gasteiger partial charge in [0.25, 0.3) is 5.91 Å². The van der Waals surface area contributed by atoms with Crippen LogP contribution in [-0.4, -0.2) is 38.6 Å². The van der Waals surface area contributed by atoms with Crippen LogP contribution in [0.15, 0.2) is 66.9 Å². The molecular formula is C30H23N5O4. The lowest BCUT2D eigenvalue weighted by atomic mass is 9.99. The summed E-state index contributed by atoms with van der Waals surface area (Å²) in [5.41, 5.74) is 8.42. The second-order valence-electron chi connectivity index (χ2n) is 9.01. The summed E-state index contributed by atoms with van der Waals surface area (Å²) in [6, 6.07) is 18.1. The second kappa shape index (κ2) is 10.6. The highest BCUT2D eigenvalue weighted by Crippen LogP contribution is 2.31. The van der Waals surface area contributed by atoms with Gasteiger partial charge in [0.15, 0.2) is 5.69 Å².